The lowest BCUT2D eigenvalue weighted by molar-refractivity contribution is 0.185. The molecule has 0 radical (unpaired) electrons. The SMILES string of the molecule is CCCc1nc(-c2cccc(COC)c2)c(N)n1N. The second kappa shape index (κ2) is 5.75. The van der Waals surface area contributed by atoms with Crippen molar-refractivity contribution in [2.45, 2.75) is 26.4 Å². The molecule has 5 nitrogen and oxygen atoms in total. The van der Waals surface area contributed by atoms with Gasteiger partial charge in [0.25, 0.3) is 0 Å². The number of anilines is 1. The van der Waals surface area contributed by atoms with Gasteiger partial charge in [-0.3, -0.25) is 0 Å². The Morgan fingerprint density at radius 2 is 2.16 bits per heavy atom. The first-order valence-corrected chi connectivity index (χ1v) is 6.37. The van der Waals surface area contributed by atoms with Crippen LogP contribution in [0.3, 0.4) is 0 Å². The molecule has 0 aliphatic heterocycles. The molecule has 102 valence electrons. The van der Waals surface area contributed by atoms with Crippen LogP contribution in [0.4, 0.5) is 5.82 Å². The molecule has 19 heavy (non-hydrogen) atoms. The Labute approximate surface area is 113 Å². The number of aryl methyl sites for hydroxylation is 1. The van der Waals surface area contributed by atoms with Crippen LogP contribution in [0.2, 0.25) is 0 Å². The van der Waals surface area contributed by atoms with Crippen LogP contribution in [0.5, 0.6) is 0 Å². The third-order valence-corrected chi connectivity index (χ3v) is 3.01. The summed E-state index contributed by atoms with van der Waals surface area (Å²) in [6, 6.07) is 7.99. The number of rotatable bonds is 5. The van der Waals surface area contributed by atoms with Crippen LogP contribution in [0.15, 0.2) is 24.3 Å². The molecule has 0 saturated heterocycles. The van der Waals surface area contributed by atoms with Gasteiger partial charge in [0, 0.05) is 19.1 Å². The van der Waals surface area contributed by atoms with E-state index in [4.69, 9.17) is 16.3 Å². The maximum atomic E-state index is 6.03. The first-order valence-electron chi connectivity index (χ1n) is 6.37. The molecule has 1 aromatic carbocycles. The van der Waals surface area contributed by atoms with Gasteiger partial charge in [-0.2, -0.15) is 0 Å². The second-order valence-electron chi connectivity index (χ2n) is 4.52. The van der Waals surface area contributed by atoms with Crippen molar-refractivity contribution in [1.82, 2.24) is 9.66 Å². The van der Waals surface area contributed by atoms with Crippen molar-refractivity contribution in [3.05, 3.63) is 35.7 Å². The van der Waals surface area contributed by atoms with Crippen LogP contribution in [-0.2, 0) is 17.8 Å². The van der Waals surface area contributed by atoms with Crippen molar-refractivity contribution < 1.29 is 4.74 Å². The zero-order valence-electron chi connectivity index (χ0n) is 11.4. The third kappa shape index (κ3) is 2.71. The largest absolute Gasteiger partial charge is 0.382 e. The lowest BCUT2D eigenvalue weighted by Gasteiger charge is -2.03. The van der Waals surface area contributed by atoms with Crippen LogP contribution < -0.4 is 11.6 Å². The summed E-state index contributed by atoms with van der Waals surface area (Å²) in [7, 11) is 1.68. The molecule has 0 spiro atoms. The Kier molecular flexibility index (Phi) is 4.06. The van der Waals surface area contributed by atoms with Gasteiger partial charge in [-0.1, -0.05) is 25.1 Å². The van der Waals surface area contributed by atoms with Crippen LogP contribution in [0.25, 0.3) is 11.3 Å². The van der Waals surface area contributed by atoms with E-state index in [0.717, 1.165) is 35.5 Å². The number of benzene rings is 1. The monoisotopic (exact) mass is 260 g/mol. The third-order valence-electron chi connectivity index (χ3n) is 3.01. The Morgan fingerprint density at radius 1 is 1.37 bits per heavy atom. The van der Waals surface area contributed by atoms with Gasteiger partial charge in [0.2, 0.25) is 0 Å². The molecule has 1 heterocycles. The lowest BCUT2D eigenvalue weighted by atomic mass is 10.1. The van der Waals surface area contributed by atoms with Crippen molar-refractivity contribution in [2.24, 2.45) is 0 Å². The maximum absolute atomic E-state index is 6.03. The molecule has 2 aromatic rings. The molecular weight excluding hydrogens is 240 g/mol. The quantitative estimate of drug-likeness (QED) is 0.805. The molecule has 4 N–H and O–H groups in total. The minimum absolute atomic E-state index is 0.498. The van der Waals surface area contributed by atoms with Crippen molar-refractivity contribution >= 4 is 5.82 Å². The fraction of sp³-hybridized carbons (Fsp3) is 0.357. The highest BCUT2D eigenvalue weighted by atomic mass is 16.5. The minimum atomic E-state index is 0.498. The van der Waals surface area contributed by atoms with E-state index in [0.29, 0.717) is 12.4 Å². The van der Waals surface area contributed by atoms with Gasteiger partial charge in [-0.15, -0.1) is 0 Å². The summed E-state index contributed by atoms with van der Waals surface area (Å²) in [5.74, 6) is 7.24. The molecule has 0 aliphatic carbocycles. The van der Waals surface area contributed by atoms with Gasteiger partial charge in [0.1, 0.15) is 11.5 Å². The standard InChI is InChI=1S/C14H20N4O/c1-3-5-12-17-13(14(15)18(12)16)11-7-4-6-10(8-11)9-19-2/h4,6-8H,3,5,9,15-16H2,1-2H3. The number of hydrogen-bond donors (Lipinski definition) is 2. The molecule has 0 unspecified atom stereocenters. The molecule has 0 aliphatic rings. The summed E-state index contributed by atoms with van der Waals surface area (Å²) in [6.45, 7) is 2.66. The topological polar surface area (TPSA) is 79.1 Å². The van der Waals surface area contributed by atoms with E-state index in [1.165, 1.54) is 4.68 Å². The number of nitrogens with zero attached hydrogens (tertiary/aromatic N) is 2. The summed E-state index contributed by atoms with van der Waals surface area (Å²) < 4.78 is 6.61. The first-order chi connectivity index (χ1) is 9.17. The first kappa shape index (κ1) is 13.4. The average Bonchev–Trinajstić information content (AvgIpc) is 2.69. The fourth-order valence-corrected chi connectivity index (χ4v) is 2.08. The number of imidazole rings is 1. The highest BCUT2D eigenvalue weighted by Gasteiger charge is 2.14. The molecular formula is C14H20N4O. The van der Waals surface area contributed by atoms with E-state index in [1.54, 1.807) is 7.11 Å². The Balaban J connectivity index is 2.41. The van der Waals surface area contributed by atoms with E-state index in [9.17, 15) is 0 Å². The van der Waals surface area contributed by atoms with E-state index in [2.05, 4.69) is 11.9 Å². The molecule has 5 heteroatoms. The van der Waals surface area contributed by atoms with E-state index < -0.39 is 0 Å². The zero-order valence-corrected chi connectivity index (χ0v) is 11.4. The van der Waals surface area contributed by atoms with Gasteiger partial charge in [0.15, 0.2) is 5.82 Å². The molecule has 2 rings (SSSR count). The molecule has 1 aromatic heterocycles. The Bertz CT molecular complexity index is 563. The van der Waals surface area contributed by atoms with E-state index in [1.807, 2.05) is 24.3 Å². The predicted octanol–water partition coefficient (Wildman–Crippen LogP) is 1.94. The number of nitrogens with two attached hydrogens (primary N) is 2. The smallest absolute Gasteiger partial charge is 0.150 e. The lowest BCUT2D eigenvalue weighted by Crippen LogP contribution is -2.15. The number of hydrogen-bond acceptors (Lipinski definition) is 4. The van der Waals surface area contributed by atoms with Crippen LogP contribution in [-0.4, -0.2) is 16.8 Å². The van der Waals surface area contributed by atoms with Crippen LogP contribution >= 0.6 is 0 Å². The Morgan fingerprint density at radius 3 is 2.84 bits per heavy atom. The number of aromatic nitrogens is 2. The van der Waals surface area contributed by atoms with Gasteiger partial charge in [0.05, 0.1) is 6.61 Å². The summed E-state index contributed by atoms with van der Waals surface area (Å²) in [4.78, 5) is 4.54. The van der Waals surface area contributed by atoms with E-state index in [-0.39, 0.29) is 0 Å². The highest BCUT2D eigenvalue weighted by molar-refractivity contribution is 5.71. The van der Waals surface area contributed by atoms with Gasteiger partial charge >= 0.3 is 0 Å². The summed E-state index contributed by atoms with van der Waals surface area (Å²) in [6.07, 6.45) is 1.80. The average molecular weight is 260 g/mol. The summed E-state index contributed by atoms with van der Waals surface area (Å²) in [5.41, 5.74) is 8.83. The minimum Gasteiger partial charge on any atom is -0.382 e. The number of methoxy groups -OCH3 is 1. The highest BCUT2D eigenvalue weighted by Crippen LogP contribution is 2.26. The predicted molar refractivity (Wildman–Crippen MR) is 76.9 cm³/mol. The van der Waals surface area contributed by atoms with Gasteiger partial charge in [-0.05, 0) is 18.1 Å². The van der Waals surface area contributed by atoms with Crippen molar-refractivity contribution in [3.63, 3.8) is 0 Å². The van der Waals surface area contributed by atoms with Crippen LogP contribution in [0, 0.1) is 0 Å². The zero-order chi connectivity index (χ0) is 13.8. The molecule has 0 bridgehead atoms. The number of nitrogen functional groups attached to an aromatic ring is 2. The van der Waals surface area contributed by atoms with E-state index >= 15 is 0 Å². The number of ether oxygens (including phenoxy) is 1. The normalized spacial score (nSPS) is 10.8. The maximum Gasteiger partial charge on any atom is 0.150 e. The van der Waals surface area contributed by atoms with Crippen molar-refractivity contribution in [1.29, 1.82) is 0 Å². The fourth-order valence-electron chi connectivity index (χ4n) is 2.08. The summed E-state index contributed by atoms with van der Waals surface area (Å²) >= 11 is 0. The van der Waals surface area contributed by atoms with Gasteiger partial charge < -0.3 is 16.3 Å². The Hall–Kier alpha value is -2.01. The van der Waals surface area contributed by atoms with Crippen molar-refractivity contribution in [3.8, 4) is 11.3 Å². The molecule has 0 atom stereocenters. The second-order valence-corrected chi connectivity index (χ2v) is 4.52. The van der Waals surface area contributed by atoms with Gasteiger partial charge in [-0.25, -0.2) is 9.66 Å². The van der Waals surface area contributed by atoms with Crippen LogP contribution in [0.1, 0.15) is 24.7 Å². The summed E-state index contributed by atoms with van der Waals surface area (Å²) in [5, 5.41) is 0. The molecule has 0 amide bonds. The molecule has 0 fully saturated rings. The molecule has 0 saturated carbocycles. The van der Waals surface area contributed by atoms with Crippen molar-refractivity contribution in [2.75, 3.05) is 18.7 Å².